The average molecular weight is 283 g/mol. The first-order chi connectivity index (χ1) is 8.87. The number of furan rings is 1. The molecule has 0 N–H and O–H groups in total. The second kappa shape index (κ2) is 6.72. The van der Waals surface area contributed by atoms with Gasteiger partial charge in [0.15, 0.2) is 0 Å². The van der Waals surface area contributed by atoms with E-state index in [-0.39, 0.29) is 17.5 Å². The predicted octanol–water partition coefficient (Wildman–Crippen LogP) is 4.19. The fourth-order valence-electron chi connectivity index (χ4n) is 1.37. The third kappa shape index (κ3) is 4.68. The molecule has 1 aromatic rings. The van der Waals surface area contributed by atoms with Gasteiger partial charge in [-0.2, -0.15) is 5.26 Å². The van der Waals surface area contributed by atoms with Crippen LogP contribution in [-0.2, 0) is 13.6 Å². The van der Waals surface area contributed by atoms with Gasteiger partial charge in [-0.25, -0.2) is 0 Å². The van der Waals surface area contributed by atoms with Gasteiger partial charge in [-0.05, 0) is 39.8 Å². The highest BCUT2D eigenvalue weighted by molar-refractivity contribution is 7.59. The van der Waals surface area contributed by atoms with Crippen molar-refractivity contribution >= 4 is 13.7 Å². The maximum Gasteiger partial charge on any atom is 0.372 e. The van der Waals surface area contributed by atoms with Crippen molar-refractivity contribution < 1.29 is 18.0 Å². The molecule has 0 aromatic carbocycles. The normalized spacial score (nSPS) is 13.0. The molecule has 0 aliphatic rings. The molecule has 0 saturated heterocycles. The summed E-state index contributed by atoms with van der Waals surface area (Å²) in [6, 6.07) is 5.22. The summed E-state index contributed by atoms with van der Waals surface area (Å²) in [5.74, 6) is 0.427. The van der Waals surface area contributed by atoms with Crippen LogP contribution in [-0.4, -0.2) is 12.2 Å². The van der Waals surface area contributed by atoms with Gasteiger partial charge in [-0.1, -0.05) is 0 Å². The lowest BCUT2D eigenvalue weighted by atomic mass is 10.4. The first-order valence-corrected chi connectivity index (χ1v) is 7.54. The summed E-state index contributed by atoms with van der Waals surface area (Å²) in [6.07, 6.45) is 2.21. The summed E-state index contributed by atoms with van der Waals surface area (Å²) in [5.41, 5.74) is 0. The van der Waals surface area contributed by atoms with E-state index < -0.39 is 7.60 Å². The number of hydrogen-bond acceptors (Lipinski definition) is 5. The Morgan fingerprint density at radius 3 is 2.32 bits per heavy atom. The van der Waals surface area contributed by atoms with Crippen molar-refractivity contribution in [3.63, 3.8) is 0 Å². The fraction of sp³-hybridized carbons (Fsp3) is 0.462. The molecule has 19 heavy (non-hydrogen) atoms. The molecular weight excluding hydrogens is 265 g/mol. The Morgan fingerprint density at radius 2 is 1.95 bits per heavy atom. The van der Waals surface area contributed by atoms with Crippen LogP contribution in [0, 0.1) is 11.3 Å². The van der Waals surface area contributed by atoms with Crippen molar-refractivity contribution in [1.82, 2.24) is 0 Å². The topological polar surface area (TPSA) is 72.5 Å². The molecular formula is C13H18NO4P. The van der Waals surface area contributed by atoms with Crippen molar-refractivity contribution in [1.29, 1.82) is 5.26 Å². The summed E-state index contributed by atoms with van der Waals surface area (Å²) >= 11 is 0. The van der Waals surface area contributed by atoms with Crippen LogP contribution >= 0.6 is 7.60 Å². The van der Waals surface area contributed by atoms with Gasteiger partial charge in [-0.15, -0.1) is 0 Å². The lowest BCUT2D eigenvalue weighted by Gasteiger charge is -2.21. The fourth-order valence-corrected chi connectivity index (χ4v) is 3.17. The number of nitriles is 1. The molecule has 0 atom stereocenters. The number of rotatable bonds is 6. The lowest BCUT2D eigenvalue weighted by molar-refractivity contribution is 0.148. The number of allylic oxidation sites excluding steroid dienone is 1. The first kappa shape index (κ1) is 15.7. The zero-order chi connectivity index (χ0) is 14.5. The maximum atomic E-state index is 12.7. The van der Waals surface area contributed by atoms with Crippen LogP contribution in [0.5, 0.6) is 0 Å². The maximum absolute atomic E-state index is 12.7. The molecule has 1 heterocycles. The first-order valence-electron chi connectivity index (χ1n) is 6.00. The summed E-state index contributed by atoms with van der Waals surface area (Å²) in [6.45, 7) is 6.94. The standard InChI is InChI=1S/C13H18NO4P/c1-10(2)17-19(15,18-11(3)4)13(9-14)8-12-6-5-7-16-12/h5-8,10-11H,1-4H3/b13-8-. The third-order valence-corrected chi connectivity index (χ3v) is 4.15. The summed E-state index contributed by atoms with van der Waals surface area (Å²) < 4.78 is 28.5. The highest BCUT2D eigenvalue weighted by Crippen LogP contribution is 2.58. The molecule has 0 spiro atoms. The Kier molecular flexibility index (Phi) is 5.56. The van der Waals surface area contributed by atoms with Gasteiger partial charge in [0.2, 0.25) is 0 Å². The third-order valence-electron chi connectivity index (χ3n) is 1.93. The molecule has 0 fully saturated rings. The molecule has 104 valence electrons. The largest absolute Gasteiger partial charge is 0.465 e. The van der Waals surface area contributed by atoms with Crippen LogP contribution in [0.4, 0.5) is 0 Å². The van der Waals surface area contributed by atoms with Crippen LogP contribution in [0.2, 0.25) is 0 Å². The molecule has 0 amide bonds. The van der Waals surface area contributed by atoms with Crippen molar-refractivity contribution in [3.05, 3.63) is 29.5 Å². The van der Waals surface area contributed by atoms with Gasteiger partial charge in [0.25, 0.3) is 0 Å². The quantitative estimate of drug-likeness (QED) is 0.578. The minimum absolute atomic E-state index is 0.0650. The van der Waals surface area contributed by atoms with Crippen molar-refractivity contribution in [2.24, 2.45) is 0 Å². The van der Waals surface area contributed by atoms with Gasteiger partial charge in [0.05, 0.1) is 18.5 Å². The van der Waals surface area contributed by atoms with Crippen LogP contribution < -0.4 is 0 Å². The second-order valence-corrected chi connectivity index (χ2v) is 6.36. The molecule has 0 saturated carbocycles. The molecule has 0 bridgehead atoms. The lowest BCUT2D eigenvalue weighted by Crippen LogP contribution is -2.08. The molecule has 0 radical (unpaired) electrons. The van der Waals surface area contributed by atoms with E-state index in [1.807, 2.05) is 6.07 Å². The van der Waals surface area contributed by atoms with Gasteiger partial charge in [0.1, 0.15) is 17.1 Å². The minimum atomic E-state index is -3.64. The van der Waals surface area contributed by atoms with Crippen molar-refractivity contribution in [3.8, 4) is 6.07 Å². The monoisotopic (exact) mass is 283 g/mol. The number of nitrogens with zero attached hydrogens (tertiary/aromatic N) is 1. The van der Waals surface area contributed by atoms with Gasteiger partial charge in [-0.3, -0.25) is 4.57 Å². The molecule has 0 aliphatic carbocycles. The van der Waals surface area contributed by atoms with E-state index in [4.69, 9.17) is 13.5 Å². The highest BCUT2D eigenvalue weighted by Gasteiger charge is 2.33. The van der Waals surface area contributed by atoms with Crippen LogP contribution in [0.15, 0.2) is 28.1 Å². The summed E-state index contributed by atoms with van der Waals surface area (Å²) in [7, 11) is -3.64. The molecule has 5 nitrogen and oxygen atoms in total. The zero-order valence-electron chi connectivity index (χ0n) is 11.5. The van der Waals surface area contributed by atoms with Gasteiger partial charge < -0.3 is 13.5 Å². The van der Waals surface area contributed by atoms with E-state index in [2.05, 4.69) is 0 Å². The van der Waals surface area contributed by atoms with Crippen LogP contribution in [0.3, 0.4) is 0 Å². The highest BCUT2D eigenvalue weighted by atomic mass is 31.2. The Balaban J connectivity index is 3.14. The van der Waals surface area contributed by atoms with Gasteiger partial charge in [0, 0.05) is 6.08 Å². The smallest absolute Gasteiger partial charge is 0.372 e. The van der Waals surface area contributed by atoms with E-state index in [0.717, 1.165) is 0 Å². The molecule has 6 heteroatoms. The molecule has 0 aliphatic heterocycles. The molecule has 1 aromatic heterocycles. The molecule has 1 rings (SSSR count). The van der Waals surface area contributed by atoms with Crippen molar-refractivity contribution in [2.45, 2.75) is 39.9 Å². The zero-order valence-corrected chi connectivity index (χ0v) is 12.4. The summed E-state index contributed by atoms with van der Waals surface area (Å²) in [4.78, 5) is 0. The van der Waals surface area contributed by atoms with E-state index in [0.29, 0.717) is 5.76 Å². The Hall–Kier alpha value is -1.34. The predicted molar refractivity (Wildman–Crippen MR) is 72.3 cm³/mol. The minimum Gasteiger partial charge on any atom is -0.465 e. The number of hydrogen-bond donors (Lipinski definition) is 0. The Bertz CT molecular complexity index is 497. The Labute approximate surface area is 113 Å². The summed E-state index contributed by atoms with van der Waals surface area (Å²) in [5, 5.41) is 9.13. The van der Waals surface area contributed by atoms with Crippen LogP contribution in [0.1, 0.15) is 33.5 Å². The van der Waals surface area contributed by atoms with E-state index in [9.17, 15) is 9.83 Å². The Morgan fingerprint density at radius 1 is 1.37 bits per heavy atom. The van der Waals surface area contributed by atoms with Gasteiger partial charge >= 0.3 is 7.60 Å². The van der Waals surface area contributed by atoms with E-state index in [1.54, 1.807) is 39.8 Å². The van der Waals surface area contributed by atoms with E-state index in [1.165, 1.54) is 12.3 Å². The van der Waals surface area contributed by atoms with Crippen molar-refractivity contribution in [2.75, 3.05) is 0 Å². The second-order valence-electron chi connectivity index (χ2n) is 4.46. The van der Waals surface area contributed by atoms with E-state index >= 15 is 0 Å². The molecule has 0 unspecified atom stereocenters. The average Bonchev–Trinajstić information content (AvgIpc) is 2.75. The SMILES string of the molecule is CC(C)OP(=O)(OC(C)C)/C(C#N)=C\c1ccco1. The van der Waals surface area contributed by atoms with Crippen LogP contribution in [0.25, 0.3) is 6.08 Å².